The number of carbonyl (C=O) groups excluding carboxylic acids is 2. The van der Waals surface area contributed by atoms with E-state index in [4.69, 9.17) is 4.74 Å². The Hall–Kier alpha value is -3.48. The monoisotopic (exact) mass is 393 g/mol. The van der Waals surface area contributed by atoms with Crippen LogP contribution in [0.15, 0.2) is 47.3 Å². The molecule has 0 radical (unpaired) electrons. The van der Waals surface area contributed by atoms with Gasteiger partial charge in [-0.05, 0) is 36.6 Å². The van der Waals surface area contributed by atoms with Crippen molar-refractivity contribution in [3.63, 3.8) is 0 Å². The number of esters is 1. The molecule has 1 aromatic heterocycles. The second-order valence-corrected chi connectivity index (χ2v) is 6.70. The molecule has 0 aliphatic heterocycles. The number of rotatable bonds is 7. The predicted octanol–water partition coefficient (Wildman–Crippen LogP) is 2.91. The van der Waals surface area contributed by atoms with Gasteiger partial charge in [-0.1, -0.05) is 37.3 Å². The molecule has 0 saturated heterocycles. The maximum atomic E-state index is 12.2. The number of nitrogens with one attached hydrogen (secondary N) is 2. The molecule has 150 valence electrons. The summed E-state index contributed by atoms with van der Waals surface area (Å²) in [6, 6.07) is 12.8. The van der Waals surface area contributed by atoms with Crippen LogP contribution in [-0.2, 0) is 27.2 Å². The Morgan fingerprint density at radius 1 is 1.14 bits per heavy atom. The number of para-hydroxylation sites is 2. The van der Waals surface area contributed by atoms with Crippen LogP contribution in [0.2, 0.25) is 0 Å². The Kier molecular flexibility index (Phi) is 6.39. The maximum absolute atomic E-state index is 12.2. The normalized spacial score (nSPS) is 10.7. The predicted molar refractivity (Wildman–Crippen MR) is 111 cm³/mol. The summed E-state index contributed by atoms with van der Waals surface area (Å²) >= 11 is 0. The molecule has 0 unspecified atom stereocenters. The molecule has 0 aliphatic rings. The molecule has 2 N–H and O–H groups in total. The van der Waals surface area contributed by atoms with Gasteiger partial charge in [0.1, 0.15) is 5.82 Å². The summed E-state index contributed by atoms with van der Waals surface area (Å²) in [4.78, 5) is 43.2. The van der Waals surface area contributed by atoms with Crippen LogP contribution in [0.3, 0.4) is 0 Å². The maximum Gasteiger partial charge on any atom is 0.306 e. The van der Waals surface area contributed by atoms with Gasteiger partial charge in [-0.15, -0.1) is 0 Å². The average molecular weight is 393 g/mol. The van der Waals surface area contributed by atoms with E-state index in [-0.39, 0.29) is 30.9 Å². The summed E-state index contributed by atoms with van der Waals surface area (Å²) in [6.07, 6.45) is 1.02. The van der Waals surface area contributed by atoms with Crippen molar-refractivity contribution in [1.29, 1.82) is 0 Å². The van der Waals surface area contributed by atoms with E-state index >= 15 is 0 Å². The molecular weight excluding hydrogens is 370 g/mol. The number of ether oxygens (including phenoxy) is 1. The number of carbonyl (C=O) groups is 2. The van der Waals surface area contributed by atoms with E-state index in [1.54, 1.807) is 24.3 Å². The fourth-order valence-electron chi connectivity index (χ4n) is 3.07. The molecule has 0 fully saturated rings. The van der Waals surface area contributed by atoms with Crippen LogP contribution in [-0.4, -0.2) is 28.5 Å². The van der Waals surface area contributed by atoms with Gasteiger partial charge >= 0.3 is 5.97 Å². The summed E-state index contributed by atoms with van der Waals surface area (Å²) in [5, 5.41) is 3.31. The molecule has 1 heterocycles. The van der Waals surface area contributed by atoms with Crippen LogP contribution in [0.4, 0.5) is 5.69 Å². The van der Waals surface area contributed by atoms with Crippen molar-refractivity contribution in [3.8, 4) is 0 Å². The van der Waals surface area contributed by atoms with Crippen molar-refractivity contribution in [3.05, 3.63) is 69.8 Å². The molecule has 0 bridgehead atoms. The summed E-state index contributed by atoms with van der Waals surface area (Å²) in [6.45, 7) is 3.56. The number of amides is 1. The summed E-state index contributed by atoms with van der Waals surface area (Å²) in [5.74, 6) is -0.515. The van der Waals surface area contributed by atoms with Gasteiger partial charge in [0.15, 0.2) is 6.61 Å². The fourth-order valence-corrected chi connectivity index (χ4v) is 3.07. The fraction of sp³-hybridized carbons (Fsp3) is 0.273. The highest BCUT2D eigenvalue weighted by Crippen LogP contribution is 2.20. The molecule has 0 aliphatic carbocycles. The van der Waals surface area contributed by atoms with Crippen LogP contribution in [0, 0.1) is 6.92 Å². The minimum Gasteiger partial charge on any atom is -0.456 e. The number of nitrogens with zero attached hydrogens (tertiary/aromatic N) is 1. The number of fused-ring (bicyclic) bond motifs is 1. The number of benzene rings is 2. The second kappa shape index (κ2) is 9.14. The van der Waals surface area contributed by atoms with Crippen LogP contribution >= 0.6 is 0 Å². The van der Waals surface area contributed by atoms with Gasteiger partial charge in [-0.3, -0.25) is 14.4 Å². The van der Waals surface area contributed by atoms with Gasteiger partial charge in [0, 0.05) is 12.1 Å². The lowest BCUT2D eigenvalue weighted by Crippen LogP contribution is -2.22. The molecule has 3 aromatic rings. The average Bonchev–Trinajstić information content (AvgIpc) is 2.72. The number of aromatic nitrogens is 2. The van der Waals surface area contributed by atoms with E-state index < -0.39 is 5.97 Å². The van der Waals surface area contributed by atoms with Crippen molar-refractivity contribution >= 4 is 28.5 Å². The number of aryl methyl sites for hydroxylation is 3. The number of H-pyrrole nitrogens is 1. The Balaban J connectivity index is 1.53. The van der Waals surface area contributed by atoms with E-state index in [0.29, 0.717) is 16.7 Å². The van der Waals surface area contributed by atoms with Gasteiger partial charge in [0.2, 0.25) is 0 Å². The Labute approximate surface area is 168 Å². The van der Waals surface area contributed by atoms with Gasteiger partial charge in [-0.25, -0.2) is 4.98 Å². The molecule has 2 aromatic carbocycles. The summed E-state index contributed by atoms with van der Waals surface area (Å²) < 4.78 is 5.06. The first-order valence-corrected chi connectivity index (χ1v) is 9.50. The molecular formula is C22H23N3O4. The molecule has 1 amide bonds. The SMILES string of the molecule is CCc1cccc(C)c1NC(=O)COC(=O)CCc1nc2ccccc2c(=O)[nH]1. The van der Waals surface area contributed by atoms with Gasteiger partial charge in [0.25, 0.3) is 11.5 Å². The number of hydrogen-bond donors (Lipinski definition) is 2. The molecule has 3 rings (SSSR count). The Morgan fingerprint density at radius 3 is 2.72 bits per heavy atom. The van der Waals surface area contributed by atoms with Crippen molar-refractivity contribution in [2.24, 2.45) is 0 Å². The third kappa shape index (κ3) is 5.07. The first kappa shape index (κ1) is 20.3. The topological polar surface area (TPSA) is 101 Å². The largest absolute Gasteiger partial charge is 0.456 e. The lowest BCUT2D eigenvalue weighted by Gasteiger charge is -2.13. The van der Waals surface area contributed by atoms with E-state index in [0.717, 1.165) is 23.2 Å². The summed E-state index contributed by atoms with van der Waals surface area (Å²) in [7, 11) is 0. The highest BCUT2D eigenvalue weighted by Gasteiger charge is 2.12. The van der Waals surface area contributed by atoms with E-state index in [9.17, 15) is 14.4 Å². The molecule has 7 heteroatoms. The minimum atomic E-state index is -0.531. The molecule has 0 spiro atoms. The van der Waals surface area contributed by atoms with E-state index in [2.05, 4.69) is 15.3 Å². The third-order valence-electron chi connectivity index (χ3n) is 4.60. The summed E-state index contributed by atoms with van der Waals surface area (Å²) in [5.41, 5.74) is 3.06. The molecule has 29 heavy (non-hydrogen) atoms. The first-order valence-electron chi connectivity index (χ1n) is 9.50. The smallest absolute Gasteiger partial charge is 0.306 e. The van der Waals surface area contributed by atoms with Crippen LogP contribution in [0.1, 0.15) is 30.3 Å². The van der Waals surface area contributed by atoms with Crippen molar-refractivity contribution in [2.75, 3.05) is 11.9 Å². The minimum absolute atomic E-state index is 0.0130. The lowest BCUT2D eigenvalue weighted by atomic mass is 10.1. The molecule has 0 saturated carbocycles. The van der Waals surface area contributed by atoms with E-state index in [1.165, 1.54) is 0 Å². The Morgan fingerprint density at radius 2 is 1.93 bits per heavy atom. The zero-order valence-electron chi connectivity index (χ0n) is 16.5. The number of anilines is 1. The van der Waals surface area contributed by atoms with Gasteiger partial charge in [0.05, 0.1) is 17.3 Å². The zero-order chi connectivity index (χ0) is 20.8. The van der Waals surface area contributed by atoms with Crippen LogP contribution < -0.4 is 10.9 Å². The highest BCUT2D eigenvalue weighted by atomic mass is 16.5. The van der Waals surface area contributed by atoms with Crippen molar-refractivity contribution in [1.82, 2.24) is 9.97 Å². The lowest BCUT2D eigenvalue weighted by molar-refractivity contribution is -0.147. The van der Waals surface area contributed by atoms with Crippen molar-refractivity contribution < 1.29 is 14.3 Å². The van der Waals surface area contributed by atoms with Crippen LogP contribution in [0.5, 0.6) is 0 Å². The second-order valence-electron chi connectivity index (χ2n) is 6.70. The number of hydrogen-bond acceptors (Lipinski definition) is 5. The Bertz CT molecular complexity index is 1100. The van der Waals surface area contributed by atoms with E-state index in [1.807, 2.05) is 32.0 Å². The zero-order valence-corrected chi connectivity index (χ0v) is 16.5. The van der Waals surface area contributed by atoms with Crippen molar-refractivity contribution in [2.45, 2.75) is 33.1 Å². The quantitative estimate of drug-likeness (QED) is 0.601. The van der Waals surface area contributed by atoms with Gasteiger partial charge in [-0.2, -0.15) is 0 Å². The standard InChI is InChI=1S/C22H23N3O4/c1-3-15-8-6-7-14(2)21(15)25-19(26)13-29-20(27)12-11-18-23-17-10-5-4-9-16(17)22(28)24-18/h4-10H,3,11-13H2,1-2H3,(H,25,26)(H,23,24,28). The molecule has 0 atom stereocenters. The van der Waals surface area contributed by atoms with Gasteiger partial charge < -0.3 is 15.0 Å². The third-order valence-corrected chi connectivity index (χ3v) is 4.60. The highest BCUT2D eigenvalue weighted by molar-refractivity contribution is 5.94. The molecule has 7 nitrogen and oxygen atoms in total. The van der Waals surface area contributed by atoms with Crippen LogP contribution in [0.25, 0.3) is 10.9 Å². The number of aromatic amines is 1. The first-order chi connectivity index (χ1) is 14.0.